The molecule has 0 aliphatic heterocycles. The topological polar surface area (TPSA) is 41.9 Å². The molecule has 1 rings (SSSR count). The van der Waals surface area contributed by atoms with Crippen molar-refractivity contribution < 1.29 is 0 Å². The number of nitrogens with zero attached hydrogens (tertiary/aromatic N) is 2. The van der Waals surface area contributed by atoms with Crippen molar-refractivity contribution in [3.8, 4) is 0 Å². The van der Waals surface area contributed by atoms with Crippen LogP contribution in [0.15, 0.2) is 18.5 Å². The first-order valence-corrected chi connectivity index (χ1v) is 6.08. The third-order valence-electron chi connectivity index (χ3n) is 2.08. The molecule has 4 nitrogen and oxygen atoms in total. The number of thiocarbonyl (C=S) groups is 1. The van der Waals surface area contributed by atoms with Gasteiger partial charge in [0, 0.05) is 32.0 Å². The lowest BCUT2D eigenvalue weighted by atomic mass is 10.2. The fourth-order valence-electron chi connectivity index (χ4n) is 1.24. The molecule has 0 amide bonds. The maximum absolute atomic E-state index is 5.14. The van der Waals surface area contributed by atoms with Gasteiger partial charge in [0.15, 0.2) is 5.11 Å². The zero-order chi connectivity index (χ0) is 11.8. The highest BCUT2D eigenvalue weighted by atomic mass is 32.1. The van der Waals surface area contributed by atoms with Crippen molar-refractivity contribution in [3.05, 3.63) is 18.5 Å². The van der Waals surface area contributed by atoms with E-state index >= 15 is 0 Å². The average Bonchev–Trinajstić information content (AvgIpc) is 2.74. The Labute approximate surface area is 102 Å². The molecule has 90 valence electrons. The summed E-state index contributed by atoms with van der Waals surface area (Å²) in [7, 11) is 0. The number of hydrogen-bond donors (Lipinski definition) is 2. The molecular weight excluding hydrogens is 220 g/mol. The molecule has 0 spiro atoms. The highest BCUT2D eigenvalue weighted by Gasteiger charge is 1.97. The van der Waals surface area contributed by atoms with Gasteiger partial charge in [0.05, 0.1) is 0 Å². The summed E-state index contributed by atoms with van der Waals surface area (Å²) in [6.07, 6.45) is 4.78. The molecule has 16 heavy (non-hydrogen) atoms. The molecule has 0 fully saturated rings. The van der Waals surface area contributed by atoms with Gasteiger partial charge >= 0.3 is 0 Å². The molecule has 1 aromatic heterocycles. The Balaban J connectivity index is 2.00. The van der Waals surface area contributed by atoms with Crippen molar-refractivity contribution >= 4 is 17.3 Å². The second-order valence-corrected chi connectivity index (χ2v) is 4.56. The summed E-state index contributed by atoms with van der Waals surface area (Å²) in [5, 5.41) is 11.2. The number of nitrogens with one attached hydrogen (secondary N) is 2. The van der Waals surface area contributed by atoms with E-state index in [1.807, 2.05) is 16.9 Å². The highest BCUT2D eigenvalue weighted by molar-refractivity contribution is 7.80. The Morgan fingerprint density at radius 2 is 2.25 bits per heavy atom. The predicted octanol–water partition coefficient (Wildman–Crippen LogP) is 1.39. The van der Waals surface area contributed by atoms with Crippen LogP contribution in [0.2, 0.25) is 0 Å². The summed E-state index contributed by atoms with van der Waals surface area (Å²) >= 11 is 5.14. The highest BCUT2D eigenvalue weighted by Crippen LogP contribution is 1.89. The molecular formula is C11H20N4S. The Morgan fingerprint density at radius 1 is 1.44 bits per heavy atom. The lowest BCUT2D eigenvalue weighted by Crippen LogP contribution is -2.37. The number of hydrogen-bond acceptors (Lipinski definition) is 2. The minimum absolute atomic E-state index is 0.615. The normalized spacial score (nSPS) is 10.4. The zero-order valence-corrected chi connectivity index (χ0v) is 10.8. The van der Waals surface area contributed by atoms with Crippen molar-refractivity contribution in [1.29, 1.82) is 0 Å². The van der Waals surface area contributed by atoms with Gasteiger partial charge in [-0.15, -0.1) is 0 Å². The molecule has 0 saturated heterocycles. The van der Waals surface area contributed by atoms with E-state index in [0.717, 1.165) is 31.2 Å². The molecule has 5 heteroatoms. The summed E-state index contributed by atoms with van der Waals surface area (Å²) in [6, 6.07) is 1.93. The molecule has 0 saturated carbocycles. The van der Waals surface area contributed by atoms with E-state index in [-0.39, 0.29) is 0 Å². The molecule has 0 unspecified atom stereocenters. The first kappa shape index (κ1) is 13.0. The molecule has 0 aliphatic rings. The molecule has 1 heterocycles. The fraction of sp³-hybridized carbons (Fsp3) is 0.636. The van der Waals surface area contributed by atoms with Crippen molar-refractivity contribution in [2.45, 2.75) is 26.8 Å². The van der Waals surface area contributed by atoms with E-state index < -0.39 is 0 Å². The first-order chi connectivity index (χ1) is 7.68. The molecule has 0 radical (unpaired) electrons. The molecule has 0 atom stereocenters. The van der Waals surface area contributed by atoms with Crippen molar-refractivity contribution in [1.82, 2.24) is 20.4 Å². The maximum atomic E-state index is 5.14. The Bertz CT molecular complexity index is 295. The van der Waals surface area contributed by atoms with E-state index in [4.69, 9.17) is 12.2 Å². The van der Waals surface area contributed by atoms with Crippen molar-refractivity contribution in [2.75, 3.05) is 13.1 Å². The van der Waals surface area contributed by atoms with Gasteiger partial charge in [-0.3, -0.25) is 4.68 Å². The number of rotatable bonds is 6. The van der Waals surface area contributed by atoms with E-state index in [1.165, 1.54) is 0 Å². The number of aryl methyl sites for hydroxylation is 1. The lowest BCUT2D eigenvalue weighted by Gasteiger charge is -2.11. The van der Waals surface area contributed by atoms with Crippen molar-refractivity contribution in [2.24, 2.45) is 5.92 Å². The minimum atomic E-state index is 0.615. The Hall–Kier alpha value is -1.10. The van der Waals surface area contributed by atoms with Crippen LogP contribution >= 0.6 is 12.2 Å². The second-order valence-electron chi connectivity index (χ2n) is 4.15. The van der Waals surface area contributed by atoms with Crippen LogP contribution in [-0.4, -0.2) is 28.0 Å². The number of aromatic nitrogens is 2. The molecule has 0 aromatic carbocycles. The van der Waals surface area contributed by atoms with Gasteiger partial charge in [-0.1, -0.05) is 13.8 Å². The largest absolute Gasteiger partial charge is 0.363 e. The standard InChI is InChI=1S/C11H20N4S/c1-10(2)9-13-11(16)12-5-3-7-15-8-4-6-14-15/h4,6,8,10H,3,5,7,9H2,1-2H3,(H2,12,13,16). The van der Waals surface area contributed by atoms with Gasteiger partial charge in [-0.25, -0.2) is 0 Å². The third-order valence-corrected chi connectivity index (χ3v) is 2.37. The second kappa shape index (κ2) is 7.22. The Kier molecular flexibility index (Phi) is 5.85. The van der Waals surface area contributed by atoms with Crippen molar-refractivity contribution in [3.63, 3.8) is 0 Å². The van der Waals surface area contributed by atoms with Gasteiger partial charge < -0.3 is 10.6 Å². The Morgan fingerprint density at radius 3 is 2.88 bits per heavy atom. The monoisotopic (exact) mass is 240 g/mol. The van der Waals surface area contributed by atoms with Crippen LogP contribution in [0.1, 0.15) is 20.3 Å². The molecule has 0 bridgehead atoms. The SMILES string of the molecule is CC(C)CNC(=S)NCCCn1cccn1. The fourth-order valence-corrected chi connectivity index (χ4v) is 1.42. The minimum Gasteiger partial charge on any atom is -0.363 e. The average molecular weight is 240 g/mol. The van der Waals surface area contributed by atoms with Gasteiger partial charge in [0.25, 0.3) is 0 Å². The molecule has 2 N–H and O–H groups in total. The summed E-state index contributed by atoms with van der Waals surface area (Å²) < 4.78 is 1.92. The van der Waals surface area contributed by atoms with E-state index in [2.05, 4.69) is 29.6 Å². The summed E-state index contributed by atoms with van der Waals surface area (Å²) in [6.45, 7) is 7.04. The van der Waals surface area contributed by atoms with Crippen LogP contribution in [0.25, 0.3) is 0 Å². The van der Waals surface area contributed by atoms with Crippen LogP contribution in [0.4, 0.5) is 0 Å². The zero-order valence-electron chi connectivity index (χ0n) is 9.94. The van der Waals surface area contributed by atoms with Crippen LogP contribution in [-0.2, 0) is 6.54 Å². The third kappa shape index (κ3) is 5.70. The lowest BCUT2D eigenvalue weighted by molar-refractivity contribution is 0.568. The molecule has 0 aliphatic carbocycles. The smallest absolute Gasteiger partial charge is 0.166 e. The van der Waals surface area contributed by atoms with E-state index in [0.29, 0.717) is 5.92 Å². The van der Waals surface area contributed by atoms with Crippen LogP contribution < -0.4 is 10.6 Å². The van der Waals surface area contributed by atoms with E-state index in [9.17, 15) is 0 Å². The van der Waals surface area contributed by atoms with Gasteiger partial charge in [-0.2, -0.15) is 5.10 Å². The predicted molar refractivity (Wildman–Crippen MR) is 70.3 cm³/mol. The van der Waals surface area contributed by atoms with Gasteiger partial charge in [-0.05, 0) is 30.6 Å². The van der Waals surface area contributed by atoms with Crippen LogP contribution in [0.3, 0.4) is 0 Å². The summed E-state index contributed by atoms with van der Waals surface area (Å²) in [5.74, 6) is 0.615. The maximum Gasteiger partial charge on any atom is 0.166 e. The summed E-state index contributed by atoms with van der Waals surface area (Å²) in [5.41, 5.74) is 0. The molecule has 1 aromatic rings. The quantitative estimate of drug-likeness (QED) is 0.582. The van der Waals surface area contributed by atoms with Gasteiger partial charge in [0.1, 0.15) is 0 Å². The van der Waals surface area contributed by atoms with Gasteiger partial charge in [0.2, 0.25) is 0 Å². The first-order valence-electron chi connectivity index (χ1n) is 5.67. The van der Waals surface area contributed by atoms with E-state index in [1.54, 1.807) is 6.20 Å². The summed E-state index contributed by atoms with van der Waals surface area (Å²) in [4.78, 5) is 0. The van der Waals surface area contributed by atoms with Crippen LogP contribution in [0, 0.1) is 5.92 Å². The van der Waals surface area contributed by atoms with Crippen LogP contribution in [0.5, 0.6) is 0 Å².